The Morgan fingerprint density at radius 2 is 1.70 bits per heavy atom. The minimum Gasteiger partial charge on any atom is -0.381 e. The summed E-state index contributed by atoms with van der Waals surface area (Å²) in [6, 6.07) is 17.1. The van der Waals surface area contributed by atoms with Crippen LogP contribution in [-0.2, 0) is 35.6 Å². The van der Waals surface area contributed by atoms with Crippen molar-refractivity contribution in [3.63, 3.8) is 0 Å². The van der Waals surface area contributed by atoms with Crippen molar-refractivity contribution >= 4 is 29.9 Å². The predicted octanol–water partition coefficient (Wildman–Crippen LogP) is 4.43. The Balaban J connectivity index is 0.00000320. The standard InChI is InChI=1S/C24H33N3O2.HI/c1-3-21-9-4-5-10-22(21)17-27-24(25-2)26-16-19-7-6-8-20(15-19)18-29-23-11-13-28-14-12-23;/h4-10,15,23H,3,11-14,16-18H2,1-2H3,(H2,25,26,27);1H. The molecule has 0 unspecified atom stereocenters. The van der Waals surface area contributed by atoms with Gasteiger partial charge in [-0.2, -0.15) is 0 Å². The van der Waals surface area contributed by atoms with Crippen molar-refractivity contribution in [1.82, 2.24) is 10.6 Å². The molecular formula is C24H34IN3O2. The van der Waals surface area contributed by atoms with E-state index in [-0.39, 0.29) is 24.0 Å². The van der Waals surface area contributed by atoms with Crippen LogP contribution in [0.4, 0.5) is 0 Å². The molecule has 3 rings (SSSR count). The van der Waals surface area contributed by atoms with Crippen LogP contribution in [0, 0.1) is 0 Å². The summed E-state index contributed by atoms with van der Waals surface area (Å²) in [5, 5.41) is 6.82. The SMILES string of the molecule is CCc1ccccc1CNC(=NC)NCc1cccc(COC2CCOCC2)c1.I. The van der Waals surface area contributed by atoms with Crippen LogP contribution in [0.1, 0.15) is 42.0 Å². The van der Waals surface area contributed by atoms with Crippen LogP contribution >= 0.6 is 24.0 Å². The average molecular weight is 523 g/mol. The van der Waals surface area contributed by atoms with Crippen molar-refractivity contribution in [3.8, 4) is 0 Å². The molecule has 1 saturated heterocycles. The molecule has 0 amide bonds. The van der Waals surface area contributed by atoms with Gasteiger partial charge in [-0.1, -0.05) is 55.5 Å². The van der Waals surface area contributed by atoms with E-state index in [1.54, 1.807) is 7.05 Å². The first kappa shape index (κ1) is 24.6. The molecule has 0 aliphatic carbocycles. The highest BCUT2D eigenvalue weighted by atomic mass is 127. The lowest BCUT2D eigenvalue weighted by molar-refractivity contribution is -0.0390. The normalized spacial score (nSPS) is 14.8. The first-order valence-corrected chi connectivity index (χ1v) is 10.6. The fourth-order valence-electron chi connectivity index (χ4n) is 3.55. The second-order valence-electron chi connectivity index (χ2n) is 7.34. The van der Waals surface area contributed by atoms with Gasteiger partial charge in [0.05, 0.1) is 12.7 Å². The summed E-state index contributed by atoms with van der Waals surface area (Å²) in [4.78, 5) is 4.35. The van der Waals surface area contributed by atoms with E-state index in [2.05, 4.69) is 71.1 Å². The molecule has 1 aliphatic heterocycles. The van der Waals surface area contributed by atoms with Crippen LogP contribution < -0.4 is 10.6 Å². The Hall–Kier alpha value is -1.64. The van der Waals surface area contributed by atoms with Crippen molar-refractivity contribution in [2.45, 2.75) is 52.0 Å². The molecule has 0 radical (unpaired) electrons. The number of hydrogen-bond donors (Lipinski definition) is 2. The van der Waals surface area contributed by atoms with Gasteiger partial charge in [0.2, 0.25) is 0 Å². The smallest absolute Gasteiger partial charge is 0.191 e. The van der Waals surface area contributed by atoms with E-state index in [9.17, 15) is 0 Å². The molecule has 2 aromatic carbocycles. The minimum atomic E-state index is 0. The van der Waals surface area contributed by atoms with E-state index < -0.39 is 0 Å². The summed E-state index contributed by atoms with van der Waals surface area (Å²) in [6.45, 7) is 5.94. The quantitative estimate of drug-likeness (QED) is 0.306. The summed E-state index contributed by atoms with van der Waals surface area (Å²) in [7, 11) is 1.80. The van der Waals surface area contributed by atoms with E-state index >= 15 is 0 Å². The monoisotopic (exact) mass is 523 g/mol. The maximum Gasteiger partial charge on any atom is 0.191 e. The third kappa shape index (κ3) is 7.89. The molecule has 1 fully saturated rings. The van der Waals surface area contributed by atoms with Gasteiger partial charge in [-0.05, 0) is 41.5 Å². The van der Waals surface area contributed by atoms with Crippen LogP contribution in [0.25, 0.3) is 0 Å². The number of hydrogen-bond acceptors (Lipinski definition) is 3. The number of benzene rings is 2. The van der Waals surface area contributed by atoms with Crippen molar-refractivity contribution in [1.29, 1.82) is 0 Å². The van der Waals surface area contributed by atoms with Crippen molar-refractivity contribution in [2.24, 2.45) is 4.99 Å². The first-order valence-electron chi connectivity index (χ1n) is 10.6. The van der Waals surface area contributed by atoms with Crippen molar-refractivity contribution < 1.29 is 9.47 Å². The Bertz CT molecular complexity index is 792. The summed E-state index contributed by atoms with van der Waals surface area (Å²) >= 11 is 0. The molecule has 0 aromatic heterocycles. The molecule has 1 heterocycles. The molecular weight excluding hydrogens is 489 g/mol. The molecule has 164 valence electrons. The first-order chi connectivity index (χ1) is 14.3. The van der Waals surface area contributed by atoms with Crippen LogP contribution in [0.3, 0.4) is 0 Å². The van der Waals surface area contributed by atoms with Gasteiger partial charge in [0.15, 0.2) is 5.96 Å². The van der Waals surface area contributed by atoms with Gasteiger partial charge in [-0.3, -0.25) is 4.99 Å². The van der Waals surface area contributed by atoms with E-state index in [4.69, 9.17) is 9.47 Å². The van der Waals surface area contributed by atoms with Gasteiger partial charge >= 0.3 is 0 Å². The lowest BCUT2D eigenvalue weighted by Gasteiger charge is -2.22. The maximum atomic E-state index is 6.04. The van der Waals surface area contributed by atoms with Gasteiger partial charge in [0.25, 0.3) is 0 Å². The van der Waals surface area contributed by atoms with Crippen LogP contribution in [0.5, 0.6) is 0 Å². The Morgan fingerprint density at radius 3 is 2.43 bits per heavy atom. The largest absolute Gasteiger partial charge is 0.381 e. The topological polar surface area (TPSA) is 54.9 Å². The molecule has 1 aliphatic rings. The zero-order valence-electron chi connectivity index (χ0n) is 18.0. The molecule has 0 saturated carbocycles. The summed E-state index contributed by atoms with van der Waals surface area (Å²) in [5.74, 6) is 0.805. The van der Waals surface area contributed by atoms with Gasteiger partial charge in [0, 0.05) is 33.4 Å². The number of guanidine groups is 1. The van der Waals surface area contributed by atoms with Gasteiger partial charge in [0.1, 0.15) is 0 Å². The highest BCUT2D eigenvalue weighted by Gasteiger charge is 2.14. The number of ether oxygens (including phenoxy) is 2. The molecule has 5 nitrogen and oxygen atoms in total. The number of rotatable bonds is 8. The molecule has 30 heavy (non-hydrogen) atoms. The van der Waals surface area contributed by atoms with E-state index in [0.717, 1.165) is 51.5 Å². The highest BCUT2D eigenvalue weighted by molar-refractivity contribution is 14.0. The number of halogens is 1. The maximum absolute atomic E-state index is 6.04. The summed E-state index contributed by atoms with van der Waals surface area (Å²) < 4.78 is 11.4. The van der Waals surface area contributed by atoms with Gasteiger partial charge < -0.3 is 20.1 Å². The number of nitrogens with zero attached hydrogens (tertiary/aromatic N) is 1. The lowest BCUT2D eigenvalue weighted by Crippen LogP contribution is -2.36. The van der Waals surface area contributed by atoms with Crippen LogP contribution in [-0.4, -0.2) is 32.3 Å². The van der Waals surface area contributed by atoms with Crippen LogP contribution in [0.15, 0.2) is 53.5 Å². The molecule has 2 N–H and O–H groups in total. The minimum absolute atomic E-state index is 0. The van der Waals surface area contributed by atoms with Crippen molar-refractivity contribution in [3.05, 3.63) is 70.8 Å². The third-order valence-corrected chi connectivity index (χ3v) is 5.27. The molecule has 6 heteroatoms. The van der Waals surface area contributed by atoms with Gasteiger partial charge in [-0.25, -0.2) is 0 Å². The van der Waals surface area contributed by atoms with Gasteiger partial charge in [-0.15, -0.1) is 24.0 Å². The zero-order valence-corrected chi connectivity index (χ0v) is 20.4. The summed E-state index contributed by atoms with van der Waals surface area (Å²) in [5.41, 5.74) is 5.10. The highest BCUT2D eigenvalue weighted by Crippen LogP contribution is 2.14. The van der Waals surface area contributed by atoms with Crippen LogP contribution in [0.2, 0.25) is 0 Å². The molecule has 0 spiro atoms. The Kier molecular flexibility index (Phi) is 11.2. The van der Waals surface area contributed by atoms with E-state index in [1.807, 2.05) is 0 Å². The zero-order chi connectivity index (χ0) is 20.3. The number of aliphatic imine (C=N–C) groups is 1. The second kappa shape index (κ2) is 13.6. The summed E-state index contributed by atoms with van der Waals surface area (Å²) in [6.07, 6.45) is 3.33. The Morgan fingerprint density at radius 1 is 1.00 bits per heavy atom. The lowest BCUT2D eigenvalue weighted by atomic mass is 10.1. The van der Waals surface area contributed by atoms with E-state index in [1.165, 1.54) is 22.3 Å². The van der Waals surface area contributed by atoms with Crippen molar-refractivity contribution in [2.75, 3.05) is 20.3 Å². The molecule has 2 aromatic rings. The third-order valence-electron chi connectivity index (χ3n) is 5.27. The fraction of sp³-hybridized carbons (Fsp3) is 0.458. The fourth-order valence-corrected chi connectivity index (χ4v) is 3.55. The molecule has 0 atom stereocenters. The number of aryl methyl sites for hydroxylation is 1. The average Bonchev–Trinajstić information content (AvgIpc) is 2.79. The molecule has 0 bridgehead atoms. The predicted molar refractivity (Wildman–Crippen MR) is 133 cm³/mol. The number of nitrogens with one attached hydrogen (secondary N) is 2. The van der Waals surface area contributed by atoms with E-state index in [0.29, 0.717) is 12.7 Å². The second-order valence-corrected chi connectivity index (χ2v) is 7.34. The Labute approximate surface area is 197 Å².